The van der Waals surface area contributed by atoms with Crippen molar-refractivity contribution in [2.45, 2.75) is 45.5 Å². The van der Waals surface area contributed by atoms with Crippen LogP contribution in [0.5, 0.6) is 0 Å². The number of nitrogens with one attached hydrogen (secondary N) is 1. The van der Waals surface area contributed by atoms with Crippen molar-refractivity contribution in [2.24, 2.45) is 0 Å². The molecule has 0 bridgehead atoms. The smallest absolute Gasteiger partial charge is 0.350 e. The average Bonchev–Trinajstić information content (AvgIpc) is 2.32. The zero-order chi connectivity index (χ0) is 16.4. The van der Waals surface area contributed by atoms with Gasteiger partial charge in [-0.3, -0.25) is 9.59 Å². The number of hydrogen-bond donors (Lipinski definition) is 1. The summed E-state index contributed by atoms with van der Waals surface area (Å²) < 4.78 is 38.7. The minimum atomic E-state index is -4.64. The van der Waals surface area contributed by atoms with E-state index in [1.807, 2.05) is 6.92 Å². The van der Waals surface area contributed by atoms with Gasteiger partial charge in [-0.05, 0) is 26.3 Å². The SMILES string of the molecule is CCC(C)(C)NC(=O)Cn1cc(C(F)(F)F)cc(Cl)c1=O. The van der Waals surface area contributed by atoms with Gasteiger partial charge in [0, 0.05) is 11.7 Å². The third-order valence-corrected chi connectivity index (χ3v) is 3.32. The summed E-state index contributed by atoms with van der Waals surface area (Å²) in [6, 6.07) is 0.550. The molecule has 0 aliphatic carbocycles. The van der Waals surface area contributed by atoms with Crippen LogP contribution in [-0.4, -0.2) is 16.0 Å². The van der Waals surface area contributed by atoms with E-state index in [9.17, 15) is 22.8 Å². The summed E-state index contributed by atoms with van der Waals surface area (Å²) in [6.45, 7) is 4.87. The van der Waals surface area contributed by atoms with Gasteiger partial charge in [-0.1, -0.05) is 18.5 Å². The predicted octanol–water partition coefficient (Wildman–Crippen LogP) is 2.83. The highest BCUT2D eigenvalue weighted by molar-refractivity contribution is 6.30. The lowest BCUT2D eigenvalue weighted by Gasteiger charge is -2.24. The molecule has 118 valence electrons. The summed E-state index contributed by atoms with van der Waals surface area (Å²) in [6.07, 6.45) is -3.41. The summed E-state index contributed by atoms with van der Waals surface area (Å²) in [5, 5.41) is 2.06. The first-order valence-corrected chi connectivity index (χ1v) is 6.62. The molecule has 1 amide bonds. The van der Waals surface area contributed by atoms with Gasteiger partial charge in [0.1, 0.15) is 11.6 Å². The number of aromatic nitrogens is 1. The van der Waals surface area contributed by atoms with Crippen LogP contribution in [0.4, 0.5) is 13.2 Å². The van der Waals surface area contributed by atoms with Crippen molar-refractivity contribution < 1.29 is 18.0 Å². The minimum absolute atomic E-state index is 0.508. The van der Waals surface area contributed by atoms with Gasteiger partial charge in [0.15, 0.2) is 0 Å². The van der Waals surface area contributed by atoms with E-state index in [4.69, 9.17) is 11.6 Å². The molecule has 0 spiro atoms. The molecule has 0 radical (unpaired) electrons. The Bertz CT molecular complexity index is 594. The van der Waals surface area contributed by atoms with Gasteiger partial charge in [0.2, 0.25) is 5.91 Å². The molecule has 0 aliphatic rings. The van der Waals surface area contributed by atoms with Crippen LogP contribution in [0.1, 0.15) is 32.8 Å². The standard InChI is InChI=1S/C13H16ClF3N2O2/c1-4-12(2,3)18-10(20)7-19-6-8(13(15,16)17)5-9(14)11(19)21/h5-6H,4,7H2,1-3H3,(H,18,20). The number of nitrogens with zero attached hydrogens (tertiary/aromatic N) is 1. The van der Waals surface area contributed by atoms with Crippen molar-refractivity contribution in [1.82, 2.24) is 9.88 Å². The molecule has 1 rings (SSSR count). The molecule has 21 heavy (non-hydrogen) atoms. The van der Waals surface area contributed by atoms with Crippen LogP contribution in [0.2, 0.25) is 5.02 Å². The van der Waals surface area contributed by atoms with E-state index in [1.165, 1.54) is 0 Å². The van der Waals surface area contributed by atoms with E-state index < -0.39 is 40.3 Å². The van der Waals surface area contributed by atoms with Crippen molar-refractivity contribution in [1.29, 1.82) is 0 Å². The monoisotopic (exact) mass is 324 g/mol. The quantitative estimate of drug-likeness (QED) is 0.926. The maximum atomic E-state index is 12.7. The fraction of sp³-hybridized carbons (Fsp3) is 0.538. The Morgan fingerprint density at radius 1 is 1.38 bits per heavy atom. The number of alkyl halides is 3. The Morgan fingerprint density at radius 3 is 2.43 bits per heavy atom. The average molecular weight is 325 g/mol. The molecule has 0 unspecified atom stereocenters. The second-order valence-electron chi connectivity index (χ2n) is 5.29. The number of pyridine rings is 1. The molecule has 1 aromatic heterocycles. The molecule has 1 N–H and O–H groups in total. The normalized spacial score (nSPS) is 12.3. The Hall–Kier alpha value is -1.50. The third kappa shape index (κ3) is 4.77. The Balaban J connectivity index is 3.06. The highest BCUT2D eigenvalue weighted by Gasteiger charge is 2.32. The molecule has 0 saturated carbocycles. The van der Waals surface area contributed by atoms with Gasteiger partial charge < -0.3 is 9.88 Å². The fourth-order valence-corrected chi connectivity index (χ4v) is 1.76. The van der Waals surface area contributed by atoms with Crippen molar-refractivity contribution in [3.05, 3.63) is 33.2 Å². The number of halogens is 4. The number of hydrogen-bond acceptors (Lipinski definition) is 2. The molecule has 0 atom stereocenters. The van der Waals surface area contributed by atoms with E-state index >= 15 is 0 Å². The van der Waals surface area contributed by atoms with Gasteiger partial charge in [-0.2, -0.15) is 13.2 Å². The van der Waals surface area contributed by atoms with Crippen molar-refractivity contribution in [3.63, 3.8) is 0 Å². The lowest BCUT2D eigenvalue weighted by molar-refractivity contribution is -0.138. The summed E-state index contributed by atoms with van der Waals surface area (Å²) >= 11 is 5.50. The largest absolute Gasteiger partial charge is 0.417 e. The van der Waals surface area contributed by atoms with Crippen molar-refractivity contribution in [3.8, 4) is 0 Å². The summed E-state index contributed by atoms with van der Waals surface area (Å²) in [7, 11) is 0. The molecule has 0 saturated heterocycles. The number of rotatable bonds is 4. The summed E-state index contributed by atoms with van der Waals surface area (Å²) in [5.41, 5.74) is -2.42. The van der Waals surface area contributed by atoms with Crippen LogP contribution in [0, 0.1) is 0 Å². The molecular weight excluding hydrogens is 309 g/mol. The molecular formula is C13H16ClF3N2O2. The Labute approximate surface area is 124 Å². The zero-order valence-electron chi connectivity index (χ0n) is 11.8. The first kappa shape index (κ1) is 17.6. The lowest BCUT2D eigenvalue weighted by atomic mass is 10.0. The Kier molecular flexibility index (Phi) is 5.09. The van der Waals surface area contributed by atoms with Crippen molar-refractivity contribution in [2.75, 3.05) is 0 Å². The lowest BCUT2D eigenvalue weighted by Crippen LogP contribution is -2.45. The van der Waals surface area contributed by atoms with E-state index in [0.717, 1.165) is 0 Å². The van der Waals surface area contributed by atoms with Crippen LogP contribution < -0.4 is 10.9 Å². The highest BCUT2D eigenvalue weighted by Crippen LogP contribution is 2.29. The van der Waals surface area contributed by atoms with Gasteiger partial charge in [0.05, 0.1) is 5.56 Å². The number of carbonyl (C=O) groups excluding carboxylic acids is 1. The summed E-state index contributed by atoms with van der Waals surface area (Å²) in [5.74, 6) is -0.556. The molecule has 8 heteroatoms. The van der Waals surface area contributed by atoms with Crippen LogP contribution in [0.25, 0.3) is 0 Å². The molecule has 0 aliphatic heterocycles. The molecule has 0 fully saturated rings. The van der Waals surface area contributed by atoms with Crippen LogP contribution in [-0.2, 0) is 17.5 Å². The molecule has 1 aromatic rings. The second-order valence-corrected chi connectivity index (χ2v) is 5.70. The molecule has 4 nitrogen and oxygen atoms in total. The van der Waals surface area contributed by atoms with Crippen molar-refractivity contribution >= 4 is 17.5 Å². The highest BCUT2D eigenvalue weighted by atomic mass is 35.5. The van der Waals surface area contributed by atoms with Gasteiger partial charge in [0.25, 0.3) is 5.56 Å². The van der Waals surface area contributed by atoms with Gasteiger partial charge in [-0.25, -0.2) is 0 Å². The van der Waals surface area contributed by atoms with Gasteiger partial charge in [-0.15, -0.1) is 0 Å². The minimum Gasteiger partial charge on any atom is -0.350 e. The van der Waals surface area contributed by atoms with E-state index in [2.05, 4.69) is 5.32 Å². The number of amides is 1. The fourth-order valence-electron chi connectivity index (χ4n) is 1.53. The van der Waals surface area contributed by atoms with Crippen LogP contribution in [0.15, 0.2) is 17.1 Å². The first-order valence-electron chi connectivity index (χ1n) is 6.24. The summed E-state index contributed by atoms with van der Waals surface area (Å²) in [4.78, 5) is 23.5. The maximum Gasteiger partial charge on any atom is 0.417 e. The molecule has 0 aromatic carbocycles. The molecule has 1 heterocycles. The van der Waals surface area contributed by atoms with E-state index in [0.29, 0.717) is 23.3 Å². The Morgan fingerprint density at radius 2 is 1.95 bits per heavy atom. The third-order valence-electron chi connectivity index (χ3n) is 3.05. The topological polar surface area (TPSA) is 51.1 Å². The zero-order valence-corrected chi connectivity index (χ0v) is 12.6. The van der Waals surface area contributed by atoms with Gasteiger partial charge >= 0.3 is 6.18 Å². The first-order chi connectivity index (χ1) is 9.46. The van der Waals surface area contributed by atoms with E-state index in [1.54, 1.807) is 13.8 Å². The van der Waals surface area contributed by atoms with E-state index in [-0.39, 0.29) is 0 Å². The van der Waals surface area contributed by atoms with Crippen LogP contribution in [0.3, 0.4) is 0 Å². The predicted molar refractivity (Wildman–Crippen MR) is 73.2 cm³/mol. The second kappa shape index (κ2) is 6.09. The number of carbonyl (C=O) groups is 1. The van der Waals surface area contributed by atoms with Crippen LogP contribution >= 0.6 is 11.6 Å². The maximum absolute atomic E-state index is 12.7.